The minimum Gasteiger partial charge on any atom is -0.475 e. The summed E-state index contributed by atoms with van der Waals surface area (Å²) in [6.45, 7) is 0.285. The SMILES string of the molecule is O=C(O)c1ccc(S(=O)(=O)N2CCCC2C(=O)NCc2ccccc2Oc2ccccc2)o1. The van der Waals surface area contributed by atoms with Gasteiger partial charge in [-0.05, 0) is 43.2 Å². The van der Waals surface area contributed by atoms with Crippen LogP contribution < -0.4 is 10.1 Å². The number of rotatable bonds is 8. The molecule has 3 aromatic rings. The first-order valence-corrected chi connectivity index (χ1v) is 11.7. The highest BCUT2D eigenvalue weighted by Gasteiger charge is 2.41. The molecule has 0 bridgehead atoms. The molecule has 0 saturated carbocycles. The van der Waals surface area contributed by atoms with Gasteiger partial charge in [-0.1, -0.05) is 36.4 Å². The van der Waals surface area contributed by atoms with E-state index in [-0.39, 0.29) is 13.1 Å². The fourth-order valence-electron chi connectivity index (χ4n) is 3.64. The summed E-state index contributed by atoms with van der Waals surface area (Å²) >= 11 is 0. The zero-order valence-corrected chi connectivity index (χ0v) is 18.3. The van der Waals surface area contributed by atoms with Crippen molar-refractivity contribution in [3.8, 4) is 11.5 Å². The van der Waals surface area contributed by atoms with E-state index in [0.717, 1.165) is 22.0 Å². The van der Waals surface area contributed by atoms with Gasteiger partial charge in [-0.3, -0.25) is 4.79 Å². The molecule has 2 aromatic carbocycles. The first-order chi connectivity index (χ1) is 15.9. The van der Waals surface area contributed by atoms with Crippen molar-refractivity contribution in [3.05, 3.63) is 78.1 Å². The van der Waals surface area contributed by atoms with Gasteiger partial charge >= 0.3 is 5.97 Å². The molecule has 9 nitrogen and oxygen atoms in total. The molecule has 0 spiro atoms. The number of hydrogen-bond acceptors (Lipinski definition) is 6. The van der Waals surface area contributed by atoms with Crippen molar-refractivity contribution in [1.29, 1.82) is 0 Å². The number of hydrogen-bond donors (Lipinski definition) is 2. The number of aromatic carboxylic acids is 1. The van der Waals surface area contributed by atoms with Gasteiger partial charge in [0.2, 0.25) is 16.8 Å². The van der Waals surface area contributed by atoms with Crippen molar-refractivity contribution in [2.45, 2.75) is 30.5 Å². The standard InChI is InChI=1S/C23H22N2O7S/c26-22(24-15-16-7-4-5-11-19(16)31-17-8-2-1-3-9-17)18-10-6-14-25(18)33(29,30)21-13-12-20(32-21)23(27)28/h1-5,7-9,11-13,18H,6,10,14-15H2,(H,24,26)(H,27,28). The van der Waals surface area contributed by atoms with E-state index in [0.29, 0.717) is 24.3 Å². The van der Waals surface area contributed by atoms with Crippen molar-refractivity contribution >= 4 is 21.9 Å². The number of carboxylic acids is 1. The van der Waals surface area contributed by atoms with E-state index in [1.54, 1.807) is 6.07 Å². The van der Waals surface area contributed by atoms with Crippen LogP contribution in [0.25, 0.3) is 0 Å². The molecule has 33 heavy (non-hydrogen) atoms. The van der Waals surface area contributed by atoms with E-state index in [2.05, 4.69) is 5.32 Å². The Morgan fingerprint density at radius 3 is 2.52 bits per heavy atom. The summed E-state index contributed by atoms with van der Waals surface area (Å²) in [4.78, 5) is 23.9. The average molecular weight is 471 g/mol. The Bertz CT molecular complexity index is 1250. The summed E-state index contributed by atoms with van der Waals surface area (Å²) in [5, 5.41) is 11.3. The molecule has 2 heterocycles. The van der Waals surface area contributed by atoms with Gasteiger partial charge in [0.1, 0.15) is 17.5 Å². The minimum absolute atomic E-state index is 0.136. The molecular formula is C23H22N2O7S. The van der Waals surface area contributed by atoms with Crippen molar-refractivity contribution in [2.75, 3.05) is 6.54 Å². The van der Waals surface area contributed by atoms with Crippen LogP contribution in [0.1, 0.15) is 29.0 Å². The van der Waals surface area contributed by atoms with Crippen LogP contribution in [0.3, 0.4) is 0 Å². The fourth-order valence-corrected chi connectivity index (χ4v) is 5.22. The molecular weight excluding hydrogens is 448 g/mol. The molecule has 172 valence electrons. The van der Waals surface area contributed by atoms with Crippen molar-refractivity contribution < 1.29 is 32.3 Å². The molecule has 1 aliphatic rings. The first-order valence-electron chi connectivity index (χ1n) is 10.3. The Balaban J connectivity index is 1.46. The number of carbonyl (C=O) groups is 2. The van der Waals surface area contributed by atoms with Crippen molar-refractivity contribution in [2.24, 2.45) is 0 Å². The molecule has 1 aromatic heterocycles. The van der Waals surface area contributed by atoms with Crippen molar-refractivity contribution in [1.82, 2.24) is 9.62 Å². The number of nitrogens with one attached hydrogen (secondary N) is 1. The summed E-state index contributed by atoms with van der Waals surface area (Å²) < 4.78 is 37.8. The molecule has 1 amide bonds. The number of nitrogens with zero attached hydrogens (tertiary/aromatic N) is 1. The Kier molecular flexibility index (Phi) is 6.47. The van der Waals surface area contributed by atoms with Crippen LogP contribution in [0.5, 0.6) is 11.5 Å². The highest BCUT2D eigenvalue weighted by atomic mass is 32.2. The lowest BCUT2D eigenvalue weighted by atomic mass is 10.1. The monoisotopic (exact) mass is 470 g/mol. The molecule has 1 atom stereocenters. The number of para-hydroxylation sites is 2. The predicted octanol–water partition coefficient (Wildman–Crippen LogP) is 3.24. The summed E-state index contributed by atoms with van der Waals surface area (Å²) in [6.07, 6.45) is 0.844. The molecule has 1 unspecified atom stereocenters. The zero-order chi connectivity index (χ0) is 23.4. The molecule has 1 fully saturated rings. The molecule has 2 N–H and O–H groups in total. The fraction of sp³-hybridized carbons (Fsp3) is 0.217. The van der Waals surface area contributed by atoms with Gasteiger partial charge in [-0.15, -0.1) is 0 Å². The number of amides is 1. The smallest absolute Gasteiger partial charge is 0.371 e. The van der Waals surface area contributed by atoms with Crippen molar-refractivity contribution in [3.63, 3.8) is 0 Å². The van der Waals surface area contributed by atoms with Crippen LogP contribution in [0, 0.1) is 0 Å². The third-order valence-corrected chi connectivity index (χ3v) is 7.04. The molecule has 0 radical (unpaired) electrons. The molecule has 10 heteroatoms. The minimum atomic E-state index is -4.16. The normalized spacial score (nSPS) is 16.4. The number of benzene rings is 2. The molecule has 1 saturated heterocycles. The molecule has 0 aliphatic carbocycles. The Morgan fingerprint density at radius 1 is 1.06 bits per heavy atom. The highest BCUT2D eigenvalue weighted by Crippen LogP contribution is 2.28. The lowest BCUT2D eigenvalue weighted by Crippen LogP contribution is -2.45. The van der Waals surface area contributed by atoms with E-state index in [1.807, 2.05) is 48.5 Å². The first kappa shape index (κ1) is 22.6. The van der Waals surface area contributed by atoms with E-state index in [1.165, 1.54) is 0 Å². The van der Waals surface area contributed by atoms with Gasteiger partial charge in [0.15, 0.2) is 0 Å². The van der Waals surface area contributed by atoms with E-state index in [4.69, 9.17) is 14.3 Å². The number of carboxylic acid groups (broad SMARTS) is 1. The third-order valence-electron chi connectivity index (χ3n) is 5.26. The van der Waals surface area contributed by atoms with Crippen LogP contribution in [-0.4, -0.2) is 42.3 Å². The second-order valence-corrected chi connectivity index (χ2v) is 9.26. The van der Waals surface area contributed by atoms with Crippen LogP contribution in [0.4, 0.5) is 0 Å². The highest BCUT2D eigenvalue weighted by molar-refractivity contribution is 7.89. The summed E-state index contributed by atoms with van der Waals surface area (Å²) in [7, 11) is -4.16. The topological polar surface area (TPSA) is 126 Å². The third kappa shape index (κ3) is 4.91. The number of sulfonamides is 1. The largest absolute Gasteiger partial charge is 0.475 e. The van der Waals surface area contributed by atoms with Crippen LogP contribution in [0.2, 0.25) is 0 Å². The zero-order valence-electron chi connectivity index (χ0n) is 17.5. The van der Waals surface area contributed by atoms with Gasteiger partial charge in [0.25, 0.3) is 10.0 Å². The van der Waals surface area contributed by atoms with Gasteiger partial charge in [-0.25, -0.2) is 13.2 Å². The second-order valence-electron chi connectivity index (χ2n) is 7.44. The van der Waals surface area contributed by atoms with Crippen LogP contribution in [-0.2, 0) is 21.4 Å². The van der Waals surface area contributed by atoms with E-state index < -0.39 is 38.8 Å². The molecule has 4 rings (SSSR count). The number of furan rings is 1. The summed E-state index contributed by atoms with van der Waals surface area (Å²) in [5.41, 5.74) is 0.735. The Hall–Kier alpha value is -3.63. The van der Waals surface area contributed by atoms with E-state index >= 15 is 0 Å². The number of ether oxygens (including phenoxy) is 1. The lowest BCUT2D eigenvalue weighted by molar-refractivity contribution is -0.124. The number of carbonyl (C=O) groups excluding carboxylic acids is 1. The average Bonchev–Trinajstić information content (AvgIpc) is 3.50. The van der Waals surface area contributed by atoms with Gasteiger partial charge < -0.3 is 19.6 Å². The molecule has 1 aliphatic heterocycles. The Morgan fingerprint density at radius 2 is 1.79 bits per heavy atom. The van der Waals surface area contributed by atoms with Crippen LogP contribution >= 0.6 is 0 Å². The van der Waals surface area contributed by atoms with E-state index in [9.17, 15) is 18.0 Å². The maximum absolute atomic E-state index is 13.0. The quantitative estimate of drug-likeness (QED) is 0.517. The summed E-state index contributed by atoms with van der Waals surface area (Å²) in [6, 6.07) is 17.7. The summed E-state index contributed by atoms with van der Waals surface area (Å²) in [5.74, 6) is -1.07. The van der Waals surface area contributed by atoms with Gasteiger partial charge in [-0.2, -0.15) is 4.31 Å². The Labute approximate surface area is 190 Å². The lowest BCUT2D eigenvalue weighted by Gasteiger charge is -2.22. The predicted molar refractivity (Wildman–Crippen MR) is 117 cm³/mol. The van der Waals surface area contributed by atoms with Crippen LogP contribution in [0.15, 0.2) is 76.2 Å². The van der Waals surface area contributed by atoms with Gasteiger partial charge in [0, 0.05) is 18.7 Å². The maximum Gasteiger partial charge on any atom is 0.371 e. The maximum atomic E-state index is 13.0. The van der Waals surface area contributed by atoms with Gasteiger partial charge in [0.05, 0.1) is 0 Å². The second kappa shape index (κ2) is 9.47.